The van der Waals surface area contributed by atoms with Crippen molar-refractivity contribution >= 4 is 5.91 Å². The Hall–Kier alpha value is -1.39. The third kappa shape index (κ3) is 4.33. The molecule has 0 saturated heterocycles. The van der Waals surface area contributed by atoms with Crippen LogP contribution in [0.3, 0.4) is 0 Å². The number of amides is 1. The zero-order valence-electron chi connectivity index (χ0n) is 12.5. The zero-order valence-corrected chi connectivity index (χ0v) is 12.5. The molecule has 0 radical (unpaired) electrons. The predicted molar refractivity (Wildman–Crippen MR) is 76.6 cm³/mol. The first kappa shape index (κ1) is 15.7. The Balaban J connectivity index is 2.83. The van der Waals surface area contributed by atoms with Gasteiger partial charge in [-0.3, -0.25) is 10.2 Å². The van der Waals surface area contributed by atoms with Crippen LogP contribution in [0.25, 0.3) is 0 Å². The van der Waals surface area contributed by atoms with Crippen LogP contribution in [-0.4, -0.2) is 12.5 Å². The molecule has 0 heterocycles. The molecule has 4 nitrogen and oxygen atoms in total. The Morgan fingerprint density at radius 2 is 1.79 bits per heavy atom. The van der Waals surface area contributed by atoms with E-state index in [-0.39, 0.29) is 17.9 Å². The van der Waals surface area contributed by atoms with Gasteiger partial charge in [0.25, 0.3) is 5.91 Å². The van der Waals surface area contributed by atoms with Gasteiger partial charge in [0.2, 0.25) is 0 Å². The SMILES string of the molecule is Cc1cc(C(C)(C)C)cc(C)c1COCC(=O)NN. The molecule has 4 heteroatoms. The molecule has 0 aromatic heterocycles. The fourth-order valence-corrected chi connectivity index (χ4v) is 1.94. The Kier molecular flexibility index (Phi) is 5.09. The van der Waals surface area contributed by atoms with Gasteiger partial charge in [-0.15, -0.1) is 0 Å². The number of aryl methyl sites for hydroxylation is 2. The highest BCUT2D eigenvalue weighted by Crippen LogP contribution is 2.27. The van der Waals surface area contributed by atoms with Crippen LogP contribution in [0, 0.1) is 13.8 Å². The first-order valence-corrected chi connectivity index (χ1v) is 6.43. The summed E-state index contributed by atoms with van der Waals surface area (Å²) in [6.45, 7) is 11.1. The zero-order chi connectivity index (χ0) is 14.6. The van der Waals surface area contributed by atoms with Crippen molar-refractivity contribution < 1.29 is 9.53 Å². The molecule has 1 amide bonds. The Morgan fingerprint density at radius 3 is 2.21 bits per heavy atom. The van der Waals surface area contributed by atoms with Crippen molar-refractivity contribution in [3.05, 3.63) is 34.4 Å². The lowest BCUT2D eigenvalue weighted by molar-refractivity contribution is -0.126. The van der Waals surface area contributed by atoms with Gasteiger partial charge in [0, 0.05) is 0 Å². The minimum absolute atomic E-state index is 0.0175. The molecule has 19 heavy (non-hydrogen) atoms. The molecule has 0 bridgehead atoms. The molecular formula is C15H24N2O2. The number of carbonyl (C=O) groups is 1. The fraction of sp³-hybridized carbons (Fsp3) is 0.533. The van der Waals surface area contributed by atoms with E-state index in [2.05, 4.69) is 46.8 Å². The van der Waals surface area contributed by atoms with E-state index in [0.29, 0.717) is 6.61 Å². The maximum absolute atomic E-state index is 11.0. The lowest BCUT2D eigenvalue weighted by Gasteiger charge is -2.22. The van der Waals surface area contributed by atoms with E-state index >= 15 is 0 Å². The first-order valence-electron chi connectivity index (χ1n) is 6.43. The van der Waals surface area contributed by atoms with E-state index in [4.69, 9.17) is 10.6 Å². The molecule has 0 unspecified atom stereocenters. The number of carbonyl (C=O) groups excluding carboxylic acids is 1. The van der Waals surface area contributed by atoms with E-state index in [9.17, 15) is 4.79 Å². The fourth-order valence-electron chi connectivity index (χ4n) is 1.94. The number of ether oxygens (including phenoxy) is 1. The molecule has 0 saturated carbocycles. The summed E-state index contributed by atoms with van der Waals surface area (Å²) in [4.78, 5) is 11.0. The normalized spacial score (nSPS) is 11.5. The number of nitrogens with two attached hydrogens (primary N) is 1. The summed E-state index contributed by atoms with van der Waals surface area (Å²) in [5, 5.41) is 0. The molecule has 3 N–H and O–H groups in total. The van der Waals surface area contributed by atoms with Gasteiger partial charge in [0.05, 0.1) is 6.61 Å². The van der Waals surface area contributed by atoms with Crippen molar-refractivity contribution in [2.24, 2.45) is 5.84 Å². The number of hydrogen-bond acceptors (Lipinski definition) is 3. The first-order chi connectivity index (χ1) is 8.75. The van der Waals surface area contributed by atoms with Gasteiger partial charge in [-0.1, -0.05) is 32.9 Å². The lowest BCUT2D eigenvalue weighted by Crippen LogP contribution is -2.33. The molecule has 0 aliphatic heterocycles. The summed E-state index contributed by atoms with van der Waals surface area (Å²) in [5.74, 6) is 4.68. The number of hydrogen-bond donors (Lipinski definition) is 2. The lowest BCUT2D eigenvalue weighted by atomic mass is 9.84. The molecular weight excluding hydrogens is 240 g/mol. The molecule has 1 aromatic carbocycles. The average Bonchev–Trinajstić information content (AvgIpc) is 2.30. The summed E-state index contributed by atoms with van der Waals surface area (Å²) in [6.07, 6.45) is 0. The van der Waals surface area contributed by atoms with Crippen LogP contribution in [0.5, 0.6) is 0 Å². The van der Waals surface area contributed by atoms with E-state index in [1.54, 1.807) is 0 Å². The molecule has 0 aliphatic carbocycles. The van der Waals surface area contributed by atoms with E-state index < -0.39 is 0 Å². The third-order valence-electron chi connectivity index (χ3n) is 3.20. The molecule has 1 aromatic rings. The second kappa shape index (κ2) is 6.17. The van der Waals surface area contributed by atoms with Crippen LogP contribution >= 0.6 is 0 Å². The standard InChI is InChI=1S/C15H24N2O2/c1-10-6-12(15(3,4)5)7-11(2)13(10)8-19-9-14(18)17-16/h6-7H,8-9,16H2,1-5H3,(H,17,18). The quantitative estimate of drug-likeness (QED) is 0.497. The Labute approximate surface area is 115 Å². The maximum Gasteiger partial charge on any atom is 0.259 e. The van der Waals surface area contributed by atoms with Gasteiger partial charge in [0.1, 0.15) is 6.61 Å². The van der Waals surface area contributed by atoms with Gasteiger partial charge in [-0.2, -0.15) is 0 Å². The number of benzene rings is 1. The van der Waals surface area contributed by atoms with Crippen LogP contribution in [0.15, 0.2) is 12.1 Å². The number of hydrazine groups is 1. The second-order valence-electron chi connectivity index (χ2n) is 5.90. The summed E-state index contributed by atoms with van der Waals surface area (Å²) < 4.78 is 5.37. The van der Waals surface area contributed by atoms with Gasteiger partial charge >= 0.3 is 0 Å². The summed E-state index contributed by atoms with van der Waals surface area (Å²) in [5.41, 5.74) is 7.01. The second-order valence-corrected chi connectivity index (χ2v) is 5.90. The van der Waals surface area contributed by atoms with Crippen LogP contribution in [0.4, 0.5) is 0 Å². The predicted octanol–water partition coefficient (Wildman–Crippen LogP) is 2.11. The van der Waals surface area contributed by atoms with E-state index in [0.717, 1.165) is 5.56 Å². The van der Waals surface area contributed by atoms with Crippen molar-refractivity contribution in [3.63, 3.8) is 0 Å². The van der Waals surface area contributed by atoms with Crippen LogP contribution in [-0.2, 0) is 21.6 Å². The van der Waals surface area contributed by atoms with E-state index in [1.807, 2.05) is 5.43 Å². The summed E-state index contributed by atoms with van der Waals surface area (Å²) >= 11 is 0. The van der Waals surface area contributed by atoms with Crippen molar-refractivity contribution in [1.82, 2.24) is 5.43 Å². The minimum Gasteiger partial charge on any atom is -0.367 e. The van der Waals surface area contributed by atoms with Gasteiger partial charge in [0.15, 0.2) is 0 Å². The van der Waals surface area contributed by atoms with Crippen LogP contribution in [0.1, 0.15) is 43.0 Å². The Morgan fingerprint density at radius 1 is 1.26 bits per heavy atom. The molecule has 106 valence electrons. The van der Waals surface area contributed by atoms with Gasteiger partial charge in [-0.05, 0) is 41.5 Å². The average molecular weight is 264 g/mol. The number of nitrogens with one attached hydrogen (secondary N) is 1. The molecule has 0 spiro atoms. The van der Waals surface area contributed by atoms with Crippen LogP contribution in [0.2, 0.25) is 0 Å². The highest BCUT2D eigenvalue weighted by atomic mass is 16.5. The smallest absolute Gasteiger partial charge is 0.259 e. The third-order valence-corrected chi connectivity index (χ3v) is 3.20. The van der Waals surface area contributed by atoms with E-state index in [1.165, 1.54) is 16.7 Å². The van der Waals surface area contributed by atoms with Gasteiger partial charge in [-0.25, -0.2) is 5.84 Å². The topological polar surface area (TPSA) is 64.3 Å². The molecule has 0 fully saturated rings. The molecule has 0 atom stereocenters. The Bertz CT molecular complexity index is 439. The van der Waals surface area contributed by atoms with Crippen molar-refractivity contribution in [1.29, 1.82) is 0 Å². The monoisotopic (exact) mass is 264 g/mol. The summed E-state index contributed by atoms with van der Waals surface area (Å²) in [6, 6.07) is 4.38. The highest BCUT2D eigenvalue weighted by molar-refractivity contribution is 5.76. The van der Waals surface area contributed by atoms with Crippen molar-refractivity contribution in [3.8, 4) is 0 Å². The highest BCUT2D eigenvalue weighted by Gasteiger charge is 2.16. The minimum atomic E-state index is -0.318. The van der Waals surface area contributed by atoms with Crippen molar-refractivity contribution in [2.45, 2.75) is 46.6 Å². The molecule has 1 rings (SSSR count). The summed E-state index contributed by atoms with van der Waals surface area (Å²) in [7, 11) is 0. The van der Waals surface area contributed by atoms with Gasteiger partial charge < -0.3 is 4.74 Å². The van der Waals surface area contributed by atoms with Crippen LogP contribution < -0.4 is 11.3 Å². The van der Waals surface area contributed by atoms with Crippen molar-refractivity contribution in [2.75, 3.05) is 6.61 Å². The number of rotatable bonds is 4. The largest absolute Gasteiger partial charge is 0.367 e. The maximum atomic E-state index is 11.0. The molecule has 0 aliphatic rings.